The number of nitrogens with one attached hydrogen (secondary N) is 1. The molecule has 1 fully saturated rings. The molecule has 0 bridgehead atoms. The summed E-state index contributed by atoms with van der Waals surface area (Å²) in [7, 11) is 0. The van der Waals surface area contributed by atoms with E-state index in [9.17, 15) is 9.59 Å². The van der Waals surface area contributed by atoms with Gasteiger partial charge in [0.2, 0.25) is 5.91 Å². The number of aryl methyl sites for hydroxylation is 1. The maximum Gasteiger partial charge on any atom is 0.337 e. The molecule has 7 nitrogen and oxygen atoms in total. The van der Waals surface area contributed by atoms with Gasteiger partial charge in [0, 0.05) is 37.2 Å². The lowest BCUT2D eigenvalue weighted by Crippen LogP contribution is -2.13. The van der Waals surface area contributed by atoms with Crippen molar-refractivity contribution in [3.8, 4) is 11.4 Å². The highest BCUT2D eigenvalue weighted by atomic mass is 16.4. The monoisotopic (exact) mass is 350 g/mol. The molecule has 1 aromatic carbocycles. The summed E-state index contributed by atoms with van der Waals surface area (Å²) in [6, 6.07) is 9.57. The van der Waals surface area contributed by atoms with Gasteiger partial charge in [-0.25, -0.2) is 14.8 Å². The third-order valence-electron chi connectivity index (χ3n) is 4.77. The average molecular weight is 350 g/mol. The van der Waals surface area contributed by atoms with Crippen molar-refractivity contribution in [1.29, 1.82) is 0 Å². The Morgan fingerprint density at radius 3 is 2.73 bits per heavy atom. The third-order valence-corrected chi connectivity index (χ3v) is 4.77. The Bertz CT molecular complexity index is 1010. The van der Waals surface area contributed by atoms with E-state index in [0.29, 0.717) is 30.7 Å². The number of nitrogens with zero attached hydrogens (tertiary/aromatic N) is 3. The molecular weight excluding hydrogens is 332 g/mol. The molecule has 4 rings (SSSR count). The number of carbonyl (C=O) groups is 2. The predicted molar refractivity (Wildman–Crippen MR) is 96.0 cm³/mol. The van der Waals surface area contributed by atoms with Crippen LogP contribution in [0.5, 0.6) is 0 Å². The molecule has 0 saturated carbocycles. The molecule has 26 heavy (non-hydrogen) atoms. The average Bonchev–Trinajstić information content (AvgIpc) is 3.24. The van der Waals surface area contributed by atoms with Crippen LogP contribution in [0.3, 0.4) is 0 Å². The molecule has 0 aliphatic carbocycles. The minimum atomic E-state index is -1.02. The number of aromatic nitrogens is 3. The fraction of sp³-hybridized carbons (Fsp3) is 0.263. The molecule has 132 valence electrons. The first-order valence-corrected chi connectivity index (χ1v) is 8.53. The molecule has 1 saturated heterocycles. The molecule has 2 N–H and O–H groups in total. The topological polar surface area (TPSA) is 97.1 Å². The van der Waals surface area contributed by atoms with Crippen LogP contribution in [-0.2, 0) is 11.3 Å². The fourth-order valence-corrected chi connectivity index (χ4v) is 3.39. The fourth-order valence-electron chi connectivity index (χ4n) is 3.39. The van der Waals surface area contributed by atoms with Crippen molar-refractivity contribution in [2.24, 2.45) is 0 Å². The van der Waals surface area contributed by atoms with Crippen LogP contribution >= 0.6 is 0 Å². The number of benzene rings is 1. The zero-order valence-corrected chi connectivity index (χ0v) is 14.3. The van der Waals surface area contributed by atoms with Crippen molar-refractivity contribution in [2.75, 3.05) is 6.54 Å². The van der Waals surface area contributed by atoms with Gasteiger partial charge in [-0.05, 0) is 18.6 Å². The number of hydrogen-bond acceptors (Lipinski definition) is 4. The van der Waals surface area contributed by atoms with E-state index in [1.807, 2.05) is 35.8 Å². The maximum absolute atomic E-state index is 11.4. The lowest BCUT2D eigenvalue weighted by atomic mass is 9.97. The van der Waals surface area contributed by atoms with Crippen LogP contribution in [0.2, 0.25) is 0 Å². The quantitative estimate of drug-likeness (QED) is 0.753. The zero-order chi connectivity index (χ0) is 18.3. The van der Waals surface area contributed by atoms with E-state index in [1.54, 1.807) is 6.07 Å². The molecule has 1 unspecified atom stereocenters. The van der Waals surface area contributed by atoms with Crippen LogP contribution in [0.1, 0.15) is 35.2 Å². The first-order valence-electron chi connectivity index (χ1n) is 8.53. The molecule has 7 heteroatoms. The largest absolute Gasteiger partial charge is 0.478 e. The van der Waals surface area contributed by atoms with Gasteiger partial charge in [0.15, 0.2) is 5.65 Å². The van der Waals surface area contributed by atoms with Crippen molar-refractivity contribution < 1.29 is 14.7 Å². The summed E-state index contributed by atoms with van der Waals surface area (Å²) in [5.41, 5.74) is 3.41. The molecule has 0 radical (unpaired) electrons. The summed E-state index contributed by atoms with van der Waals surface area (Å²) < 4.78 is 1.97. The minimum absolute atomic E-state index is 0.0900. The Kier molecular flexibility index (Phi) is 3.91. The Morgan fingerprint density at radius 1 is 1.35 bits per heavy atom. The Hall–Kier alpha value is -3.22. The molecule has 1 aliphatic rings. The first-order chi connectivity index (χ1) is 12.6. The summed E-state index contributed by atoms with van der Waals surface area (Å²) in [6.45, 7) is 3.35. The van der Waals surface area contributed by atoms with E-state index in [0.717, 1.165) is 17.0 Å². The van der Waals surface area contributed by atoms with Gasteiger partial charge < -0.3 is 15.0 Å². The van der Waals surface area contributed by atoms with Crippen LogP contribution < -0.4 is 5.32 Å². The van der Waals surface area contributed by atoms with Gasteiger partial charge in [0.05, 0.1) is 5.56 Å². The molecular formula is C19H18N4O3. The van der Waals surface area contributed by atoms with Crippen LogP contribution in [0.4, 0.5) is 0 Å². The Morgan fingerprint density at radius 2 is 2.12 bits per heavy atom. The number of carbonyl (C=O) groups excluding carboxylic acids is 1. The highest BCUT2D eigenvalue weighted by molar-refractivity contribution is 5.91. The number of rotatable bonds is 4. The van der Waals surface area contributed by atoms with Gasteiger partial charge in [-0.15, -0.1) is 0 Å². The van der Waals surface area contributed by atoms with Crippen LogP contribution in [0.25, 0.3) is 22.6 Å². The van der Waals surface area contributed by atoms with Crippen LogP contribution in [-0.4, -0.2) is 38.1 Å². The number of carboxylic acid groups (broad SMARTS) is 1. The second-order valence-corrected chi connectivity index (χ2v) is 6.38. The number of hydrogen-bond donors (Lipinski definition) is 2. The lowest BCUT2D eigenvalue weighted by Gasteiger charge is -2.09. The number of aromatic carboxylic acids is 1. The third kappa shape index (κ3) is 2.71. The molecule has 3 heterocycles. The van der Waals surface area contributed by atoms with Crippen molar-refractivity contribution in [3.05, 3.63) is 47.7 Å². The second-order valence-electron chi connectivity index (χ2n) is 6.38. The van der Waals surface area contributed by atoms with E-state index in [-0.39, 0.29) is 17.4 Å². The summed E-state index contributed by atoms with van der Waals surface area (Å²) in [6.07, 6.45) is 1.88. The second kappa shape index (κ2) is 6.25. The number of carboxylic acids is 1. The standard InChI is InChI=1S/C19H18N4O3/c1-2-23-17(22-15-7-14(19(25)26)10-21-18(15)23)12-5-3-11(4-6-12)13-8-16(24)20-9-13/h3-7,10,13H,2,8-9H2,1H3,(H,20,24)(H,25,26). The van der Waals surface area contributed by atoms with Crippen LogP contribution in [0.15, 0.2) is 36.5 Å². The summed E-state index contributed by atoms with van der Waals surface area (Å²) >= 11 is 0. The van der Waals surface area contributed by atoms with Crippen molar-refractivity contribution in [3.63, 3.8) is 0 Å². The van der Waals surface area contributed by atoms with Gasteiger partial charge in [-0.1, -0.05) is 24.3 Å². The summed E-state index contributed by atoms with van der Waals surface area (Å²) in [5, 5.41) is 12.0. The zero-order valence-electron chi connectivity index (χ0n) is 14.3. The normalized spacial score (nSPS) is 16.8. The summed E-state index contributed by atoms with van der Waals surface area (Å²) in [4.78, 5) is 31.4. The lowest BCUT2D eigenvalue weighted by molar-refractivity contribution is -0.119. The number of pyridine rings is 1. The molecule has 1 amide bonds. The molecule has 1 aliphatic heterocycles. The van der Waals surface area contributed by atoms with E-state index in [2.05, 4.69) is 15.3 Å². The first kappa shape index (κ1) is 16.3. The van der Waals surface area contributed by atoms with Crippen molar-refractivity contribution >= 4 is 23.0 Å². The smallest absolute Gasteiger partial charge is 0.337 e. The minimum Gasteiger partial charge on any atom is -0.478 e. The van der Waals surface area contributed by atoms with E-state index >= 15 is 0 Å². The van der Waals surface area contributed by atoms with Gasteiger partial charge in [-0.2, -0.15) is 0 Å². The number of fused-ring (bicyclic) bond motifs is 1. The maximum atomic E-state index is 11.4. The molecule has 3 aromatic rings. The van der Waals surface area contributed by atoms with E-state index < -0.39 is 5.97 Å². The predicted octanol–water partition coefficient (Wildman–Crippen LogP) is 2.42. The highest BCUT2D eigenvalue weighted by Gasteiger charge is 2.23. The number of imidazole rings is 1. The Balaban J connectivity index is 1.73. The Labute approximate surface area is 149 Å². The van der Waals surface area contributed by atoms with Gasteiger partial charge in [0.1, 0.15) is 11.3 Å². The SMILES string of the molecule is CCn1c(-c2ccc(C3CNC(=O)C3)cc2)nc2cc(C(=O)O)cnc21. The molecule has 2 aromatic heterocycles. The van der Waals surface area contributed by atoms with Gasteiger partial charge >= 0.3 is 5.97 Å². The summed E-state index contributed by atoms with van der Waals surface area (Å²) in [5.74, 6) is 0.0364. The van der Waals surface area contributed by atoms with E-state index in [1.165, 1.54) is 6.20 Å². The molecule has 1 atom stereocenters. The van der Waals surface area contributed by atoms with Crippen molar-refractivity contribution in [1.82, 2.24) is 19.9 Å². The van der Waals surface area contributed by atoms with Gasteiger partial charge in [-0.3, -0.25) is 4.79 Å². The van der Waals surface area contributed by atoms with Crippen molar-refractivity contribution in [2.45, 2.75) is 25.8 Å². The molecule has 0 spiro atoms. The van der Waals surface area contributed by atoms with E-state index in [4.69, 9.17) is 5.11 Å². The van der Waals surface area contributed by atoms with Crippen LogP contribution in [0, 0.1) is 0 Å². The highest BCUT2D eigenvalue weighted by Crippen LogP contribution is 2.28. The van der Waals surface area contributed by atoms with Gasteiger partial charge in [0.25, 0.3) is 0 Å². The number of amides is 1.